The number of methoxy groups -OCH3 is 2. The molecule has 2 aromatic carbocycles. The number of nitrogens with zero attached hydrogens (tertiary/aromatic N) is 2. The molecule has 1 heterocycles. The molecule has 0 aliphatic heterocycles. The Kier molecular flexibility index (Phi) is 6.18. The topological polar surface area (TPSA) is 60.9 Å². The van der Waals surface area contributed by atoms with Crippen molar-refractivity contribution in [3.63, 3.8) is 0 Å². The van der Waals surface area contributed by atoms with Crippen molar-refractivity contribution in [2.75, 3.05) is 14.2 Å². The van der Waals surface area contributed by atoms with Gasteiger partial charge in [-0.2, -0.15) is 0 Å². The number of aromatic nitrogens is 1. The van der Waals surface area contributed by atoms with E-state index in [1.807, 2.05) is 58.8 Å². The third kappa shape index (κ3) is 4.74. The summed E-state index contributed by atoms with van der Waals surface area (Å²) < 4.78 is 16.4. The quantitative estimate of drug-likeness (QED) is 0.505. The number of hydrogen-bond donors (Lipinski definition) is 0. The van der Waals surface area contributed by atoms with Crippen molar-refractivity contribution < 1.29 is 19.0 Å². The van der Waals surface area contributed by atoms with E-state index in [1.54, 1.807) is 14.2 Å². The van der Waals surface area contributed by atoms with Gasteiger partial charge in [0.2, 0.25) is 0 Å². The molecular formula is C23H24N2O4S. The number of benzene rings is 2. The van der Waals surface area contributed by atoms with Crippen LogP contribution in [0.5, 0.6) is 17.2 Å². The van der Waals surface area contributed by atoms with Gasteiger partial charge in [0.1, 0.15) is 17.4 Å². The first-order chi connectivity index (χ1) is 14.7. The molecule has 0 bridgehead atoms. The lowest BCUT2D eigenvalue weighted by Gasteiger charge is -2.21. The second-order valence-corrected chi connectivity index (χ2v) is 8.01. The number of hydrogen-bond acceptors (Lipinski definition) is 6. The Balaban J connectivity index is 1.41. The Morgan fingerprint density at radius 1 is 1.07 bits per heavy atom. The van der Waals surface area contributed by atoms with Crippen LogP contribution in [0.25, 0.3) is 0 Å². The first kappa shape index (κ1) is 20.2. The number of amides is 1. The highest BCUT2D eigenvalue weighted by Gasteiger charge is 2.33. The highest BCUT2D eigenvalue weighted by Crippen LogP contribution is 2.31. The summed E-state index contributed by atoms with van der Waals surface area (Å²) in [6, 6.07) is 15.1. The smallest absolute Gasteiger partial charge is 0.254 e. The van der Waals surface area contributed by atoms with Gasteiger partial charge in [0.15, 0.2) is 11.5 Å². The minimum atomic E-state index is 0.0278. The number of para-hydroxylation sites is 2. The third-order valence-corrected chi connectivity index (χ3v) is 5.81. The minimum absolute atomic E-state index is 0.0278. The predicted octanol–water partition coefficient (Wildman–Crippen LogP) is 4.54. The van der Waals surface area contributed by atoms with Gasteiger partial charge in [-0.05, 0) is 49.2 Å². The summed E-state index contributed by atoms with van der Waals surface area (Å²) >= 11 is 1.54. The van der Waals surface area contributed by atoms with E-state index >= 15 is 0 Å². The fourth-order valence-corrected chi connectivity index (χ4v) is 3.89. The zero-order valence-corrected chi connectivity index (χ0v) is 17.9. The molecule has 1 fully saturated rings. The molecule has 3 aromatic rings. The highest BCUT2D eigenvalue weighted by atomic mass is 32.1. The maximum atomic E-state index is 13.0. The molecule has 0 radical (unpaired) electrons. The van der Waals surface area contributed by atoms with E-state index in [0.29, 0.717) is 30.2 Å². The molecule has 1 aliphatic rings. The van der Waals surface area contributed by atoms with Gasteiger partial charge in [-0.25, -0.2) is 4.98 Å². The fraction of sp³-hybridized carbons (Fsp3) is 0.304. The highest BCUT2D eigenvalue weighted by molar-refractivity contribution is 7.09. The summed E-state index contributed by atoms with van der Waals surface area (Å²) in [4.78, 5) is 19.6. The lowest BCUT2D eigenvalue weighted by Crippen LogP contribution is -2.32. The summed E-state index contributed by atoms with van der Waals surface area (Å²) in [5.74, 6) is 2.15. The van der Waals surface area contributed by atoms with Crippen LogP contribution in [0.4, 0.5) is 0 Å². The molecule has 30 heavy (non-hydrogen) atoms. The molecule has 0 spiro atoms. The van der Waals surface area contributed by atoms with Gasteiger partial charge >= 0.3 is 0 Å². The number of carbonyl (C=O) groups excluding carboxylic acids is 1. The summed E-state index contributed by atoms with van der Waals surface area (Å²) in [5.41, 5.74) is 1.55. The van der Waals surface area contributed by atoms with Crippen LogP contribution in [-0.2, 0) is 13.2 Å². The van der Waals surface area contributed by atoms with Gasteiger partial charge < -0.3 is 19.1 Å². The van der Waals surface area contributed by atoms with Crippen LogP contribution in [0.3, 0.4) is 0 Å². The summed E-state index contributed by atoms with van der Waals surface area (Å²) in [6.45, 7) is 0.863. The maximum absolute atomic E-state index is 13.0. The van der Waals surface area contributed by atoms with Crippen LogP contribution < -0.4 is 14.2 Å². The second-order valence-electron chi connectivity index (χ2n) is 7.06. The normalized spacial score (nSPS) is 13.0. The average Bonchev–Trinajstić information content (AvgIpc) is 3.54. The van der Waals surface area contributed by atoms with E-state index in [4.69, 9.17) is 14.2 Å². The van der Waals surface area contributed by atoms with Crippen molar-refractivity contribution in [1.29, 1.82) is 0 Å². The van der Waals surface area contributed by atoms with Gasteiger partial charge in [0.25, 0.3) is 5.91 Å². The second kappa shape index (κ2) is 9.17. The molecule has 1 aromatic heterocycles. The molecule has 0 N–H and O–H groups in total. The largest absolute Gasteiger partial charge is 0.497 e. The molecule has 7 heteroatoms. The van der Waals surface area contributed by atoms with Gasteiger partial charge in [-0.3, -0.25) is 4.79 Å². The van der Waals surface area contributed by atoms with Gasteiger partial charge in [0.05, 0.1) is 26.5 Å². The van der Waals surface area contributed by atoms with Crippen molar-refractivity contribution in [3.05, 3.63) is 70.2 Å². The van der Waals surface area contributed by atoms with Crippen molar-refractivity contribution >= 4 is 17.2 Å². The van der Waals surface area contributed by atoms with Crippen LogP contribution in [0.2, 0.25) is 0 Å². The molecule has 1 saturated carbocycles. The lowest BCUT2D eigenvalue weighted by atomic mass is 10.2. The molecule has 156 valence electrons. The standard InChI is InChI=1S/C23H24N2O4S/c1-27-19-11-7-16(8-12-19)23(26)25(18-9-10-18)13-17-15-30-22(24-17)14-29-21-6-4-3-5-20(21)28-2/h3-8,11-12,15,18H,9-10,13-14H2,1-2H3. The molecule has 0 saturated heterocycles. The van der Waals surface area contributed by atoms with Crippen molar-refractivity contribution in [1.82, 2.24) is 9.88 Å². The fourth-order valence-electron chi connectivity index (χ4n) is 3.19. The number of thiazole rings is 1. The Hall–Kier alpha value is -3.06. The van der Waals surface area contributed by atoms with E-state index < -0.39 is 0 Å². The van der Waals surface area contributed by atoms with E-state index in [2.05, 4.69) is 4.98 Å². The summed E-state index contributed by atoms with van der Waals surface area (Å²) in [5, 5.41) is 2.86. The van der Waals surface area contributed by atoms with E-state index in [-0.39, 0.29) is 11.9 Å². The SMILES string of the molecule is COc1ccc(C(=O)N(Cc2csc(COc3ccccc3OC)n2)C2CC2)cc1. The van der Waals surface area contributed by atoms with E-state index in [0.717, 1.165) is 29.3 Å². The lowest BCUT2D eigenvalue weighted by molar-refractivity contribution is 0.0728. The van der Waals surface area contributed by atoms with Crippen LogP contribution in [0.1, 0.15) is 33.9 Å². The van der Waals surface area contributed by atoms with E-state index in [9.17, 15) is 4.79 Å². The van der Waals surface area contributed by atoms with Crippen LogP contribution in [-0.4, -0.2) is 36.1 Å². The number of carbonyl (C=O) groups is 1. The van der Waals surface area contributed by atoms with Gasteiger partial charge in [0, 0.05) is 17.0 Å². The third-order valence-electron chi connectivity index (χ3n) is 4.94. The maximum Gasteiger partial charge on any atom is 0.254 e. The van der Waals surface area contributed by atoms with Crippen molar-refractivity contribution in [2.45, 2.75) is 32.0 Å². The summed E-state index contributed by atoms with van der Waals surface area (Å²) in [6.07, 6.45) is 2.08. The first-order valence-electron chi connectivity index (χ1n) is 9.82. The Morgan fingerprint density at radius 3 is 2.47 bits per heavy atom. The Morgan fingerprint density at radius 2 is 1.80 bits per heavy atom. The molecular weight excluding hydrogens is 400 g/mol. The van der Waals surface area contributed by atoms with Crippen LogP contribution in [0, 0.1) is 0 Å². The Labute approximate surface area is 180 Å². The van der Waals surface area contributed by atoms with Crippen LogP contribution >= 0.6 is 11.3 Å². The van der Waals surface area contributed by atoms with Gasteiger partial charge in [-0.1, -0.05) is 12.1 Å². The monoisotopic (exact) mass is 424 g/mol. The zero-order valence-electron chi connectivity index (χ0n) is 17.0. The summed E-state index contributed by atoms with van der Waals surface area (Å²) in [7, 11) is 3.24. The first-order valence-corrected chi connectivity index (χ1v) is 10.7. The predicted molar refractivity (Wildman–Crippen MR) is 115 cm³/mol. The van der Waals surface area contributed by atoms with E-state index in [1.165, 1.54) is 11.3 Å². The molecule has 4 rings (SSSR count). The molecule has 0 atom stereocenters. The number of rotatable bonds is 9. The minimum Gasteiger partial charge on any atom is -0.497 e. The van der Waals surface area contributed by atoms with Crippen molar-refractivity contribution in [3.8, 4) is 17.2 Å². The molecule has 1 aliphatic carbocycles. The number of ether oxygens (including phenoxy) is 3. The zero-order chi connectivity index (χ0) is 20.9. The molecule has 0 unspecified atom stereocenters. The Bertz CT molecular complexity index is 998. The van der Waals surface area contributed by atoms with Crippen molar-refractivity contribution in [2.24, 2.45) is 0 Å². The molecule has 6 nitrogen and oxygen atoms in total. The van der Waals surface area contributed by atoms with Crippen LogP contribution in [0.15, 0.2) is 53.9 Å². The van der Waals surface area contributed by atoms with Gasteiger partial charge in [-0.15, -0.1) is 11.3 Å². The average molecular weight is 425 g/mol. The molecule has 1 amide bonds.